The number of nitrogens with zero attached hydrogens (tertiary/aromatic N) is 4. The normalized spacial score (nSPS) is 12.6. The number of rotatable bonds is 10. The van der Waals surface area contributed by atoms with E-state index in [0.29, 0.717) is 33.6 Å². The molecule has 0 saturated heterocycles. The van der Waals surface area contributed by atoms with E-state index >= 15 is 0 Å². The maximum absolute atomic E-state index is 13.1. The van der Waals surface area contributed by atoms with Crippen molar-refractivity contribution in [2.75, 3.05) is 45.4 Å². The van der Waals surface area contributed by atoms with E-state index in [4.69, 9.17) is 11.6 Å². The molecule has 4 N–H and O–H groups in total. The van der Waals surface area contributed by atoms with Crippen LogP contribution in [0.3, 0.4) is 0 Å². The van der Waals surface area contributed by atoms with Crippen LogP contribution in [0.25, 0.3) is 22.2 Å². The van der Waals surface area contributed by atoms with Gasteiger partial charge in [-0.2, -0.15) is 0 Å². The molecule has 3 aromatic carbocycles. The first-order valence-corrected chi connectivity index (χ1v) is 14.2. The van der Waals surface area contributed by atoms with Gasteiger partial charge in [0.25, 0.3) is 5.91 Å². The Morgan fingerprint density at radius 3 is 2.60 bits per heavy atom. The summed E-state index contributed by atoms with van der Waals surface area (Å²) >= 11 is 6.45. The smallest absolute Gasteiger partial charge is 0.255 e. The highest BCUT2D eigenvalue weighted by molar-refractivity contribution is 6.33. The number of hydrogen-bond donors (Lipinski definition) is 4. The molecule has 0 aliphatic rings. The fourth-order valence-corrected chi connectivity index (χ4v) is 4.80. The molecule has 10 heteroatoms. The Morgan fingerprint density at radius 2 is 1.84 bits per heavy atom. The summed E-state index contributed by atoms with van der Waals surface area (Å²) in [5.74, 6) is 0.137. The molecule has 1 amide bonds. The molecule has 0 saturated carbocycles. The summed E-state index contributed by atoms with van der Waals surface area (Å²) in [6.45, 7) is 0.742. The number of aliphatic hydroxyl groups excluding tert-OH is 1. The van der Waals surface area contributed by atoms with Crippen molar-refractivity contribution in [1.82, 2.24) is 24.3 Å². The third-order valence-corrected chi connectivity index (χ3v) is 7.46. The number of likely N-dealkylation sites (N-methyl/N-ethyl adjacent to an activating group) is 2. The van der Waals surface area contributed by atoms with Crippen molar-refractivity contribution in [3.8, 4) is 11.3 Å². The molecular formula is C33H35ClN7O2+. The molecule has 220 valence electrons. The molecule has 2 heterocycles. The van der Waals surface area contributed by atoms with Gasteiger partial charge in [-0.05, 0) is 80.8 Å². The average molecular weight is 597 g/mol. The maximum atomic E-state index is 13.1. The average Bonchev–Trinajstić information content (AvgIpc) is 3.46. The van der Waals surface area contributed by atoms with Crippen LogP contribution in [0.1, 0.15) is 10.4 Å². The molecule has 0 fully saturated rings. The number of quaternary nitrogens is 1. The zero-order valence-electron chi connectivity index (χ0n) is 24.5. The molecule has 5 rings (SSSR count). The number of halogens is 1. The third-order valence-electron chi connectivity index (χ3n) is 7.18. The lowest BCUT2D eigenvalue weighted by Crippen LogP contribution is -2.49. The monoisotopic (exact) mass is 596 g/mol. The summed E-state index contributed by atoms with van der Waals surface area (Å²) in [6.07, 6.45) is 6.47. The van der Waals surface area contributed by atoms with E-state index in [1.165, 1.54) is 0 Å². The Kier molecular flexibility index (Phi) is 8.89. The predicted octanol–water partition coefficient (Wildman–Crippen LogP) is 6.28. The van der Waals surface area contributed by atoms with Gasteiger partial charge in [-0.1, -0.05) is 29.8 Å². The second-order valence-corrected chi connectivity index (χ2v) is 11.4. The lowest BCUT2D eigenvalue weighted by molar-refractivity contribution is 0.0862. The second kappa shape index (κ2) is 12.8. The molecule has 5 aromatic rings. The van der Waals surface area contributed by atoms with Crippen molar-refractivity contribution in [3.05, 3.63) is 108 Å². The van der Waals surface area contributed by atoms with Crippen LogP contribution in [0.15, 0.2) is 97.3 Å². The summed E-state index contributed by atoms with van der Waals surface area (Å²) in [4.78, 5) is 27.3. The summed E-state index contributed by atoms with van der Waals surface area (Å²) in [6, 6.07) is 22.5. The van der Waals surface area contributed by atoms with E-state index < -0.39 is 6.23 Å². The number of amides is 1. The minimum Gasteiger partial charge on any atom is -0.361 e. The van der Waals surface area contributed by atoms with Crippen molar-refractivity contribution in [2.45, 2.75) is 6.23 Å². The van der Waals surface area contributed by atoms with Crippen molar-refractivity contribution < 1.29 is 9.90 Å². The van der Waals surface area contributed by atoms with Crippen LogP contribution in [-0.2, 0) is 0 Å². The Labute approximate surface area is 256 Å². The minimum atomic E-state index is -0.724. The highest BCUT2D eigenvalue weighted by Crippen LogP contribution is 2.30. The number of carbonyl (C=O) groups is 1. The molecule has 0 spiro atoms. The molecule has 43 heavy (non-hydrogen) atoms. The van der Waals surface area contributed by atoms with Gasteiger partial charge in [0.2, 0.25) is 12.2 Å². The van der Waals surface area contributed by atoms with Crippen LogP contribution in [0.4, 0.5) is 23.0 Å². The lowest BCUT2D eigenvalue weighted by atomic mass is 10.1. The molecule has 0 radical (unpaired) electrons. The zero-order chi connectivity index (χ0) is 30.6. The number of hydrogen-bond acceptors (Lipinski definition) is 6. The number of benzene rings is 3. The Hall–Kier alpha value is -4.54. The Balaban J connectivity index is 1.26. The highest BCUT2D eigenvalue weighted by atomic mass is 35.5. The molecule has 1 unspecified atom stereocenters. The Morgan fingerprint density at radius 1 is 1.07 bits per heavy atom. The molecular weight excluding hydrogens is 562 g/mol. The molecule has 0 aliphatic carbocycles. The van der Waals surface area contributed by atoms with E-state index in [1.807, 2.05) is 106 Å². The maximum Gasteiger partial charge on any atom is 0.255 e. The SMILES string of the molecule is CN(C)CC=CC(O)[N+](C)(C)c1ccc(C(=O)Nc2cccc(Nc3ncc(Cl)c(-c4ccc5[nH]ccc5c4)n3)c2)cc1. The first-order valence-electron chi connectivity index (χ1n) is 13.8. The molecule has 9 nitrogen and oxygen atoms in total. The molecule has 0 bridgehead atoms. The summed E-state index contributed by atoms with van der Waals surface area (Å²) in [5.41, 5.74) is 5.24. The van der Waals surface area contributed by atoms with Crippen LogP contribution < -0.4 is 15.1 Å². The largest absolute Gasteiger partial charge is 0.361 e. The van der Waals surface area contributed by atoms with Crippen molar-refractivity contribution in [1.29, 1.82) is 0 Å². The fraction of sp³-hybridized carbons (Fsp3) is 0.182. The van der Waals surface area contributed by atoms with E-state index in [0.717, 1.165) is 28.7 Å². The van der Waals surface area contributed by atoms with Crippen LogP contribution in [0.5, 0.6) is 0 Å². The number of aromatic amines is 1. The number of anilines is 3. The van der Waals surface area contributed by atoms with Gasteiger partial charge in [-0.15, -0.1) is 0 Å². The number of carbonyl (C=O) groups excluding carboxylic acids is 1. The molecule has 2 aromatic heterocycles. The number of aliphatic hydroxyl groups is 1. The first kappa shape index (κ1) is 29.9. The Bertz CT molecular complexity index is 1760. The summed E-state index contributed by atoms with van der Waals surface area (Å²) < 4.78 is 0.231. The predicted molar refractivity (Wildman–Crippen MR) is 176 cm³/mol. The van der Waals surface area contributed by atoms with Crippen LogP contribution in [0, 0.1) is 0 Å². The molecule has 1 atom stereocenters. The van der Waals surface area contributed by atoms with Gasteiger partial charge in [0.15, 0.2) is 0 Å². The third kappa shape index (κ3) is 7.10. The van der Waals surface area contributed by atoms with Gasteiger partial charge in [0, 0.05) is 46.1 Å². The number of nitrogens with one attached hydrogen (secondary N) is 3. The van der Waals surface area contributed by atoms with Gasteiger partial charge in [0.1, 0.15) is 5.69 Å². The van der Waals surface area contributed by atoms with Gasteiger partial charge in [-0.3, -0.25) is 9.28 Å². The number of fused-ring (bicyclic) bond motifs is 1. The van der Waals surface area contributed by atoms with Crippen molar-refractivity contribution in [2.24, 2.45) is 0 Å². The molecule has 0 aliphatic heterocycles. The van der Waals surface area contributed by atoms with Crippen LogP contribution in [0.2, 0.25) is 5.02 Å². The van der Waals surface area contributed by atoms with E-state index in [1.54, 1.807) is 24.4 Å². The van der Waals surface area contributed by atoms with Crippen LogP contribution >= 0.6 is 11.6 Å². The van der Waals surface area contributed by atoms with Gasteiger partial charge < -0.3 is 25.6 Å². The minimum absolute atomic E-state index is 0.231. The quantitative estimate of drug-likeness (QED) is 0.0859. The number of H-pyrrole nitrogens is 1. The zero-order valence-corrected chi connectivity index (χ0v) is 25.3. The van der Waals surface area contributed by atoms with Gasteiger partial charge in [-0.25, -0.2) is 9.97 Å². The lowest BCUT2D eigenvalue weighted by Gasteiger charge is -2.32. The fourth-order valence-electron chi connectivity index (χ4n) is 4.60. The van der Waals surface area contributed by atoms with E-state index in [9.17, 15) is 9.90 Å². The summed E-state index contributed by atoms with van der Waals surface area (Å²) in [7, 11) is 7.80. The first-order chi connectivity index (χ1) is 20.6. The highest BCUT2D eigenvalue weighted by Gasteiger charge is 2.27. The van der Waals surface area contributed by atoms with Gasteiger partial charge >= 0.3 is 0 Å². The van der Waals surface area contributed by atoms with Crippen molar-refractivity contribution >= 4 is 51.4 Å². The topological polar surface area (TPSA) is 106 Å². The van der Waals surface area contributed by atoms with Crippen LogP contribution in [-0.4, -0.2) is 71.8 Å². The summed E-state index contributed by atoms with van der Waals surface area (Å²) in [5, 5.41) is 18.4. The second-order valence-electron chi connectivity index (χ2n) is 11.0. The van der Waals surface area contributed by atoms with E-state index in [2.05, 4.69) is 25.6 Å². The standard InChI is InChI=1S/C33H34ClN7O2/c1-40(2)18-6-9-30(42)41(3,4)27-13-10-22(11-14-27)32(43)37-25-7-5-8-26(20-25)38-33-36-21-28(34)31(39-33)24-12-15-29-23(19-24)16-17-35-29/h5-17,19-21,30,42H,18H2,1-4H3,(H2-,35,36,37,38,39,43)/p+1. The van der Waals surface area contributed by atoms with E-state index in [-0.39, 0.29) is 10.4 Å². The van der Waals surface area contributed by atoms with Gasteiger partial charge in [0.05, 0.1) is 31.0 Å². The van der Waals surface area contributed by atoms with Crippen molar-refractivity contribution in [3.63, 3.8) is 0 Å². The number of aromatic nitrogens is 3.